The number of hydrogen-bond acceptors (Lipinski definition) is 2. The van der Waals surface area contributed by atoms with Crippen LogP contribution in [0.4, 0.5) is 18.9 Å². The van der Waals surface area contributed by atoms with Gasteiger partial charge in [0, 0.05) is 16.4 Å². The number of nitrogens with zero attached hydrogens (tertiary/aromatic N) is 2. The van der Waals surface area contributed by atoms with E-state index in [1.165, 1.54) is 10.9 Å². The maximum absolute atomic E-state index is 12.4. The third kappa shape index (κ3) is 2.66. The van der Waals surface area contributed by atoms with Crippen LogP contribution in [0.2, 0.25) is 0 Å². The van der Waals surface area contributed by atoms with Crippen LogP contribution in [0.25, 0.3) is 0 Å². The Morgan fingerprint density at radius 1 is 1.28 bits per heavy atom. The van der Waals surface area contributed by atoms with Crippen LogP contribution < -0.4 is 5.73 Å². The molecule has 2 rings (SSSR count). The van der Waals surface area contributed by atoms with Gasteiger partial charge in [-0.25, -0.2) is 0 Å². The van der Waals surface area contributed by atoms with Crippen molar-refractivity contribution in [1.29, 1.82) is 0 Å². The zero-order valence-corrected chi connectivity index (χ0v) is 10.7. The summed E-state index contributed by atoms with van der Waals surface area (Å²) < 4.78 is 39.0. The molecule has 0 amide bonds. The first kappa shape index (κ1) is 12.9. The second kappa shape index (κ2) is 4.64. The molecule has 0 spiro atoms. The molecule has 1 heterocycles. The molecule has 0 saturated heterocycles. The van der Waals surface area contributed by atoms with Gasteiger partial charge in [0.2, 0.25) is 0 Å². The molecule has 3 nitrogen and oxygen atoms in total. The number of nitrogen functional groups attached to an aromatic ring is 1. The molecular formula is C11H9BrF3N3. The Balaban J connectivity index is 2.24. The lowest BCUT2D eigenvalue weighted by Gasteiger charge is -2.07. The molecule has 0 aliphatic heterocycles. The largest absolute Gasteiger partial charge is 0.435 e. The molecule has 0 aliphatic rings. The fourth-order valence-electron chi connectivity index (χ4n) is 1.50. The maximum atomic E-state index is 12.4. The standard InChI is InChI=1S/C11H9BrF3N3/c12-10-7(2-1-3-8(10)16)6-18-5-4-9(17-18)11(13,14)15/h1-5H,6,16H2. The molecule has 0 unspecified atom stereocenters. The molecule has 0 bridgehead atoms. The molecule has 96 valence electrons. The Bertz CT molecular complexity index is 563. The van der Waals surface area contributed by atoms with Gasteiger partial charge < -0.3 is 5.73 Å². The number of hydrogen-bond donors (Lipinski definition) is 1. The Hall–Kier alpha value is -1.50. The molecule has 0 saturated carbocycles. The van der Waals surface area contributed by atoms with Gasteiger partial charge in [-0.1, -0.05) is 12.1 Å². The van der Waals surface area contributed by atoms with E-state index in [9.17, 15) is 13.2 Å². The third-order valence-corrected chi connectivity index (χ3v) is 3.34. The molecule has 2 N–H and O–H groups in total. The van der Waals surface area contributed by atoms with Crippen molar-refractivity contribution in [2.45, 2.75) is 12.7 Å². The summed E-state index contributed by atoms with van der Waals surface area (Å²) in [6.07, 6.45) is -3.13. The minimum Gasteiger partial charge on any atom is -0.398 e. The van der Waals surface area contributed by atoms with Gasteiger partial charge in [-0.2, -0.15) is 18.3 Å². The third-order valence-electron chi connectivity index (χ3n) is 2.37. The second-order valence-corrected chi connectivity index (χ2v) is 4.51. The fourth-order valence-corrected chi connectivity index (χ4v) is 1.89. The quantitative estimate of drug-likeness (QED) is 0.863. The molecule has 1 aromatic heterocycles. The lowest BCUT2D eigenvalue weighted by Crippen LogP contribution is -2.08. The molecule has 0 fully saturated rings. The van der Waals surface area contributed by atoms with Gasteiger partial charge in [-0.05, 0) is 33.6 Å². The monoisotopic (exact) mass is 319 g/mol. The van der Waals surface area contributed by atoms with E-state index < -0.39 is 11.9 Å². The van der Waals surface area contributed by atoms with Crippen LogP contribution in [-0.4, -0.2) is 9.78 Å². The van der Waals surface area contributed by atoms with E-state index in [1.807, 2.05) is 0 Å². The highest BCUT2D eigenvalue weighted by Gasteiger charge is 2.33. The van der Waals surface area contributed by atoms with Crippen LogP contribution in [0, 0.1) is 0 Å². The van der Waals surface area contributed by atoms with E-state index in [1.54, 1.807) is 18.2 Å². The van der Waals surface area contributed by atoms with Gasteiger partial charge in [0.15, 0.2) is 5.69 Å². The minimum absolute atomic E-state index is 0.224. The molecule has 1 aromatic carbocycles. The Labute approximate surface area is 110 Å². The lowest BCUT2D eigenvalue weighted by molar-refractivity contribution is -0.141. The first-order valence-corrected chi connectivity index (χ1v) is 5.81. The summed E-state index contributed by atoms with van der Waals surface area (Å²) in [7, 11) is 0. The van der Waals surface area contributed by atoms with Crippen molar-refractivity contribution in [2.75, 3.05) is 5.73 Å². The summed E-state index contributed by atoms with van der Waals surface area (Å²) in [5.41, 5.74) is 6.10. The van der Waals surface area contributed by atoms with Crippen molar-refractivity contribution in [2.24, 2.45) is 0 Å². The predicted molar refractivity (Wildman–Crippen MR) is 64.9 cm³/mol. The van der Waals surface area contributed by atoms with Gasteiger partial charge in [0.1, 0.15) is 0 Å². The number of aromatic nitrogens is 2. The van der Waals surface area contributed by atoms with Crippen molar-refractivity contribution in [3.05, 3.63) is 46.2 Å². The molecule has 2 aromatic rings. The normalized spacial score (nSPS) is 11.8. The summed E-state index contributed by atoms with van der Waals surface area (Å²) in [5, 5.41) is 3.48. The van der Waals surface area contributed by atoms with Crippen LogP contribution in [0.1, 0.15) is 11.3 Å². The summed E-state index contributed by atoms with van der Waals surface area (Å²) in [6.45, 7) is 0.224. The van der Waals surface area contributed by atoms with Crippen molar-refractivity contribution in [3.8, 4) is 0 Å². The highest BCUT2D eigenvalue weighted by atomic mass is 79.9. The van der Waals surface area contributed by atoms with E-state index in [4.69, 9.17) is 5.73 Å². The van der Waals surface area contributed by atoms with Gasteiger partial charge in [0.05, 0.1) is 6.54 Å². The summed E-state index contributed by atoms with van der Waals surface area (Å²) in [4.78, 5) is 0. The van der Waals surface area contributed by atoms with E-state index in [2.05, 4.69) is 21.0 Å². The second-order valence-electron chi connectivity index (χ2n) is 3.72. The average Bonchev–Trinajstić information content (AvgIpc) is 2.73. The Morgan fingerprint density at radius 3 is 2.61 bits per heavy atom. The zero-order chi connectivity index (χ0) is 13.3. The zero-order valence-electron chi connectivity index (χ0n) is 9.08. The molecular weight excluding hydrogens is 311 g/mol. The first-order valence-electron chi connectivity index (χ1n) is 5.01. The molecule has 7 heteroatoms. The maximum Gasteiger partial charge on any atom is 0.435 e. The van der Waals surface area contributed by atoms with Crippen molar-refractivity contribution in [3.63, 3.8) is 0 Å². The number of anilines is 1. The van der Waals surface area contributed by atoms with Gasteiger partial charge in [-0.15, -0.1) is 0 Å². The van der Waals surface area contributed by atoms with Gasteiger partial charge in [0.25, 0.3) is 0 Å². The summed E-state index contributed by atoms with van der Waals surface area (Å²) in [6, 6.07) is 6.16. The molecule has 18 heavy (non-hydrogen) atoms. The molecule has 0 radical (unpaired) electrons. The van der Waals surface area contributed by atoms with Crippen LogP contribution in [0.5, 0.6) is 0 Å². The summed E-state index contributed by atoms with van der Waals surface area (Å²) in [5.74, 6) is 0. The molecule has 0 aliphatic carbocycles. The SMILES string of the molecule is Nc1cccc(Cn2ccc(C(F)(F)F)n2)c1Br. The number of alkyl halides is 3. The first-order chi connectivity index (χ1) is 8.38. The van der Waals surface area contributed by atoms with E-state index >= 15 is 0 Å². The van der Waals surface area contributed by atoms with Crippen LogP contribution in [-0.2, 0) is 12.7 Å². The van der Waals surface area contributed by atoms with E-state index in [-0.39, 0.29) is 6.54 Å². The average molecular weight is 320 g/mol. The van der Waals surface area contributed by atoms with Gasteiger partial charge >= 0.3 is 6.18 Å². The molecule has 0 atom stereocenters. The highest BCUT2D eigenvalue weighted by Crippen LogP contribution is 2.28. The van der Waals surface area contributed by atoms with Gasteiger partial charge in [-0.3, -0.25) is 4.68 Å². The Kier molecular flexibility index (Phi) is 3.34. The number of rotatable bonds is 2. The number of halogens is 4. The highest BCUT2D eigenvalue weighted by molar-refractivity contribution is 9.10. The fraction of sp³-hybridized carbons (Fsp3) is 0.182. The smallest absolute Gasteiger partial charge is 0.398 e. The summed E-state index contributed by atoms with van der Waals surface area (Å²) >= 11 is 3.30. The van der Waals surface area contributed by atoms with Crippen molar-refractivity contribution in [1.82, 2.24) is 9.78 Å². The minimum atomic E-state index is -4.42. The predicted octanol–water partition coefficient (Wildman–Crippen LogP) is 3.29. The number of benzene rings is 1. The van der Waals surface area contributed by atoms with E-state index in [0.29, 0.717) is 10.2 Å². The van der Waals surface area contributed by atoms with Crippen LogP contribution in [0.15, 0.2) is 34.9 Å². The Morgan fingerprint density at radius 2 is 2.00 bits per heavy atom. The van der Waals surface area contributed by atoms with Crippen molar-refractivity contribution >= 4 is 21.6 Å². The van der Waals surface area contributed by atoms with E-state index in [0.717, 1.165) is 11.6 Å². The lowest BCUT2D eigenvalue weighted by atomic mass is 10.2. The van der Waals surface area contributed by atoms with Crippen LogP contribution >= 0.6 is 15.9 Å². The topological polar surface area (TPSA) is 43.8 Å². The van der Waals surface area contributed by atoms with Crippen molar-refractivity contribution < 1.29 is 13.2 Å². The number of nitrogens with two attached hydrogens (primary N) is 1. The van der Waals surface area contributed by atoms with Crippen LogP contribution in [0.3, 0.4) is 0 Å².